The van der Waals surface area contributed by atoms with Crippen LogP contribution in [0.4, 0.5) is 5.69 Å². The summed E-state index contributed by atoms with van der Waals surface area (Å²) in [5.74, 6) is 0.885. The number of nitrogens with two attached hydrogens (primary N) is 1. The van der Waals surface area contributed by atoms with Crippen LogP contribution >= 0.6 is 0 Å². The molecule has 5 heteroatoms. The fourth-order valence-corrected chi connectivity index (χ4v) is 2.52. The van der Waals surface area contributed by atoms with Crippen molar-refractivity contribution in [2.45, 2.75) is 32.5 Å². The van der Waals surface area contributed by atoms with E-state index in [4.69, 9.17) is 10.5 Å². The molecular formula is C18H24N2O3. The second kappa shape index (κ2) is 7.85. The second-order valence-electron chi connectivity index (χ2n) is 5.63. The molecule has 2 aromatic carbocycles. The first-order valence-corrected chi connectivity index (χ1v) is 7.61. The molecule has 0 amide bonds. The van der Waals surface area contributed by atoms with Gasteiger partial charge in [0.15, 0.2) is 0 Å². The molecule has 0 aliphatic carbocycles. The van der Waals surface area contributed by atoms with Gasteiger partial charge in [0.2, 0.25) is 0 Å². The van der Waals surface area contributed by atoms with E-state index in [1.165, 1.54) is 11.6 Å². The van der Waals surface area contributed by atoms with Crippen LogP contribution in [0, 0.1) is 0 Å². The van der Waals surface area contributed by atoms with Crippen molar-refractivity contribution in [2.24, 2.45) is 0 Å². The SMILES string of the molecule is COc1ccc(C[C@H](C)NCc2c(CO)ccc(O)c2N)cc1. The van der Waals surface area contributed by atoms with E-state index in [0.717, 1.165) is 23.3 Å². The van der Waals surface area contributed by atoms with Gasteiger partial charge in [-0.2, -0.15) is 0 Å². The van der Waals surface area contributed by atoms with E-state index >= 15 is 0 Å². The number of ether oxygens (including phenoxy) is 1. The van der Waals surface area contributed by atoms with Gasteiger partial charge in [-0.3, -0.25) is 0 Å². The average molecular weight is 316 g/mol. The van der Waals surface area contributed by atoms with Crippen molar-refractivity contribution in [2.75, 3.05) is 12.8 Å². The number of anilines is 1. The van der Waals surface area contributed by atoms with E-state index in [9.17, 15) is 10.2 Å². The van der Waals surface area contributed by atoms with E-state index in [2.05, 4.69) is 12.2 Å². The molecule has 2 aromatic rings. The van der Waals surface area contributed by atoms with Crippen molar-refractivity contribution in [3.63, 3.8) is 0 Å². The Hall–Kier alpha value is -2.24. The summed E-state index contributed by atoms with van der Waals surface area (Å²) in [7, 11) is 1.65. The molecule has 0 saturated heterocycles. The van der Waals surface area contributed by atoms with Crippen molar-refractivity contribution in [1.29, 1.82) is 0 Å². The highest BCUT2D eigenvalue weighted by Gasteiger charge is 2.11. The van der Waals surface area contributed by atoms with Crippen LogP contribution < -0.4 is 15.8 Å². The van der Waals surface area contributed by atoms with Crippen LogP contribution in [0.25, 0.3) is 0 Å². The predicted octanol–water partition coefficient (Wildman–Crippen LogP) is 2.20. The zero-order valence-corrected chi connectivity index (χ0v) is 13.5. The molecule has 5 nitrogen and oxygen atoms in total. The smallest absolute Gasteiger partial charge is 0.138 e. The van der Waals surface area contributed by atoms with Gasteiger partial charge in [-0.25, -0.2) is 0 Å². The van der Waals surface area contributed by atoms with Crippen molar-refractivity contribution in [1.82, 2.24) is 5.32 Å². The highest BCUT2D eigenvalue weighted by Crippen LogP contribution is 2.27. The fraction of sp³-hybridized carbons (Fsp3) is 0.333. The van der Waals surface area contributed by atoms with E-state index in [0.29, 0.717) is 12.2 Å². The number of hydrogen-bond acceptors (Lipinski definition) is 5. The first kappa shape index (κ1) is 17.1. The summed E-state index contributed by atoms with van der Waals surface area (Å²) in [5, 5.41) is 22.5. The van der Waals surface area contributed by atoms with Gasteiger partial charge in [0.25, 0.3) is 0 Å². The maximum absolute atomic E-state index is 9.72. The zero-order chi connectivity index (χ0) is 16.8. The molecule has 0 heterocycles. The topological polar surface area (TPSA) is 87.7 Å². The monoisotopic (exact) mass is 316 g/mol. The van der Waals surface area contributed by atoms with Crippen LogP contribution in [0.15, 0.2) is 36.4 Å². The quantitative estimate of drug-likeness (QED) is 0.465. The summed E-state index contributed by atoms with van der Waals surface area (Å²) in [4.78, 5) is 0. The molecule has 23 heavy (non-hydrogen) atoms. The Bertz CT molecular complexity index is 641. The Morgan fingerprint density at radius 3 is 2.48 bits per heavy atom. The van der Waals surface area contributed by atoms with E-state index in [1.54, 1.807) is 13.2 Å². The van der Waals surface area contributed by atoms with Gasteiger partial charge >= 0.3 is 0 Å². The number of phenolic OH excluding ortho intramolecular Hbond substituents is 1. The lowest BCUT2D eigenvalue weighted by Gasteiger charge is -2.17. The molecule has 0 aliphatic heterocycles. The summed E-state index contributed by atoms with van der Waals surface area (Å²) < 4.78 is 5.15. The molecule has 0 aromatic heterocycles. The number of aliphatic hydroxyl groups excluding tert-OH is 1. The lowest BCUT2D eigenvalue weighted by molar-refractivity contribution is 0.280. The number of hydrogen-bond donors (Lipinski definition) is 4. The number of aromatic hydroxyl groups is 1. The number of nitrogens with one attached hydrogen (secondary N) is 1. The average Bonchev–Trinajstić information content (AvgIpc) is 2.56. The third-order valence-corrected chi connectivity index (χ3v) is 3.93. The molecule has 0 fully saturated rings. The Morgan fingerprint density at radius 1 is 1.17 bits per heavy atom. The standard InChI is InChI=1S/C18H24N2O3/c1-12(9-13-3-6-15(23-2)7-4-13)20-10-16-14(11-21)5-8-17(22)18(16)19/h3-8,12,20-22H,9-11,19H2,1-2H3/t12-/m0/s1. The maximum Gasteiger partial charge on any atom is 0.138 e. The maximum atomic E-state index is 9.72. The third kappa shape index (κ3) is 4.37. The molecule has 0 spiro atoms. The highest BCUT2D eigenvalue weighted by molar-refractivity contribution is 5.60. The van der Waals surface area contributed by atoms with Crippen molar-refractivity contribution in [3.8, 4) is 11.5 Å². The Labute approximate surface area is 136 Å². The third-order valence-electron chi connectivity index (χ3n) is 3.93. The van der Waals surface area contributed by atoms with Gasteiger partial charge in [-0.15, -0.1) is 0 Å². The number of methoxy groups -OCH3 is 1. The summed E-state index contributed by atoms with van der Waals surface area (Å²) in [6, 6.07) is 11.4. The first-order chi connectivity index (χ1) is 11.0. The number of aliphatic hydroxyl groups is 1. The summed E-state index contributed by atoms with van der Waals surface area (Å²) in [6.07, 6.45) is 0.858. The molecule has 5 N–H and O–H groups in total. The Balaban J connectivity index is 1.98. The summed E-state index contributed by atoms with van der Waals surface area (Å²) in [6.45, 7) is 2.48. The molecule has 0 saturated carbocycles. The minimum Gasteiger partial charge on any atom is -0.506 e. The van der Waals surface area contributed by atoms with Crippen molar-refractivity contribution >= 4 is 5.69 Å². The largest absolute Gasteiger partial charge is 0.506 e. The molecule has 124 valence electrons. The highest BCUT2D eigenvalue weighted by atomic mass is 16.5. The van der Waals surface area contributed by atoms with Gasteiger partial charge in [-0.1, -0.05) is 18.2 Å². The van der Waals surface area contributed by atoms with Crippen molar-refractivity contribution < 1.29 is 14.9 Å². The fourth-order valence-electron chi connectivity index (χ4n) is 2.52. The van der Waals surface area contributed by atoms with Crippen LogP contribution in [0.2, 0.25) is 0 Å². The molecule has 0 radical (unpaired) electrons. The van der Waals surface area contributed by atoms with Crippen LogP contribution in [0.3, 0.4) is 0 Å². The lowest BCUT2D eigenvalue weighted by Crippen LogP contribution is -2.28. The van der Waals surface area contributed by atoms with Crippen LogP contribution in [-0.4, -0.2) is 23.4 Å². The Kier molecular flexibility index (Phi) is 5.84. The van der Waals surface area contributed by atoms with Gasteiger partial charge in [0.05, 0.1) is 19.4 Å². The molecule has 1 atom stereocenters. The van der Waals surface area contributed by atoms with Gasteiger partial charge in [-0.05, 0) is 48.2 Å². The predicted molar refractivity (Wildman–Crippen MR) is 91.4 cm³/mol. The van der Waals surface area contributed by atoms with E-state index < -0.39 is 0 Å². The van der Waals surface area contributed by atoms with Crippen LogP contribution in [0.5, 0.6) is 11.5 Å². The summed E-state index contributed by atoms with van der Waals surface area (Å²) >= 11 is 0. The normalized spacial score (nSPS) is 12.1. The Morgan fingerprint density at radius 2 is 1.87 bits per heavy atom. The molecule has 0 bridgehead atoms. The molecule has 0 unspecified atom stereocenters. The van der Waals surface area contributed by atoms with Gasteiger partial charge in [0.1, 0.15) is 11.5 Å². The first-order valence-electron chi connectivity index (χ1n) is 7.61. The zero-order valence-electron chi connectivity index (χ0n) is 13.5. The van der Waals surface area contributed by atoms with Crippen LogP contribution in [-0.2, 0) is 19.6 Å². The van der Waals surface area contributed by atoms with Crippen LogP contribution in [0.1, 0.15) is 23.6 Å². The second-order valence-corrected chi connectivity index (χ2v) is 5.63. The van der Waals surface area contributed by atoms with Gasteiger partial charge in [0, 0.05) is 12.6 Å². The minimum absolute atomic E-state index is 0.0433. The van der Waals surface area contributed by atoms with Gasteiger partial charge < -0.3 is 26.0 Å². The number of phenols is 1. The minimum atomic E-state index is -0.103. The lowest BCUT2D eigenvalue weighted by atomic mass is 10.0. The van der Waals surface area contributed by atoms with E-state index in [1.807, 2.05) is 24.3 Å². The number of rotatable bonds is 7. The summed E-state index contributed by atoms with van der Waals surface area (Å²) in [5.41, 5.74) is 8.91. The van der Waals surface area contributed by atoms with Crippen molar-refractivity contribution in [3.05, 3.63) is 53.1 Å². The molecule has 0 aliphatic rings. The number of benzene rings is 2. The molecular weight excluding hydrogens is 292 g/mol. The number of nitrogen functional groups attached to an aromatic ring is 1. The molecule has 2 rings (SSSR count). The van der Waals surface area contributed by atoms with E-state index in [-0.39, 0.29) is 18.4 Å².